The van der Waals surface area contributed by atoms with Crippen LogP contribution in [0.15, 0.2) is 24.4 Å². The summed E-state index contributed by atoms with van der Waals surface area (Å²) in [5.74, 6) is 1.13. The number of benzene rings is 1. The highest BCUT2D eigenvalue weighted by atomic mass is 16.5. The number of fused-ring (bicyclic) bond motifs is 1. The monoisotopic (exact) mass is 299 g/mol. The van der Waals surface area contributed by atoms with Crippen molar-refractivity contribution in [3.05, 3.63) is 41.2 Å². The maximum atomic E-state index is 12.7. The molecule has 22 heavy (non-hydrogen) atoms. The molecule has 3 rings (SSSR count). The molecule has 1 aliphatic rings. The van der Waals surface area contributed by atoms with Gasteiger partial charge in [-0.05, 0) is 37.3 Å². The fourth-order valence-corrected chi connectivity index (χ4v) is 2.94. The van der Waals surface area contributed by atoms with Gasteiger partial charge in [0.15, 0.2) is 0 Å². The van der Waals surface area contributed by atoms with Crippen LogP contribution in [0.3, 0.4) is 0 Å². The van der Waals surface area contributed by atoms with Crippen molar-refractivity contribution >= 4 is 11.6 Å². The number of aryl methyl sites for hydroxylation is 2. The van der Waals surface area contributed by atoms with Crippen LogP contribution in [0.25, 0.3) is 0 Å². The summed E-state index contributed by atoms with van der Waals surface area (Å²) >= 11 is 0. The molecule has 2 heterocycles. The molecule has 0 unspecified atom stereocenters. The maximum absolute atomic E-state index is 12.7. The summed E-state index contributed by atoms with van der Waals surface area (Å²) in [4.78, 5) is 12.7. The molecule has 0 spiro atoms. The number of aromatic nitrogens is 2. The summed E-state index contributed by atoms with van der Waals surface area (Å²) < 4.78 is 7.29. The molecule has 2 aromatic rings. The van der Waals surface area contributed by atoms with Crippen molar-refractivity contribution < 1.29 is 9.53 Å². The van der Waals surface area contributed by atoms with Crippen LogP contribution in [-0.2, 0) is 13.0 Å². The summed E-state index contributed by atoms with van der Waals surface area (Å²) in [6, 6.07) is 5.71. The van der Waals surface area contributed by atoms with Crippen molar-refractivity contribution in [2.75, 3.05) is 12.4 Å². The van der Waals surface area contributed by atoms with Crippen LogP contribution in [0.5, 0.6) is 5.75 Å². The van der Waals surface area contributed by atoms with Crippen molar-refractivity contribution in [2.45, 2.75) is 33.2 Å². The largest absolute Gasteiger partial charge is 0.495 e. The quantitative estimate of drug-likeness (QED) is 0.947. The number of hydrogen-bond acceptors (Lipinski definition) is 3. The molecule has 116 valence electrons. The molecule has 0 fully saturated rings. The molecule has 5 nitrogen and oxygen atoms in total. The first kappa shape index (κ1) is 14.6. The van der Waals surface area contributed by atoms with Crippen LogP contribution < -0.4 is 10.1 Å². The van der Waals surface area contributed by atoms with Gasteiger partial charge in [0.05, 0.1) is 30.3 Å². The summed E-state index contributed by atoms with van der Waals surface area (Å²) in [6.45, 7) is 5.05. The lowest BCUT2D eigenvalue weighted by molar-refractivity contribution is 0.102. The predicted molar refractivity (Wildman–Crippen MR) is 85.4 cm³/mol. The second-order valence-corrected chi connectivity index (χ2v) is 5.93. The lowest BCUT2D eigenvalue weighted by Crippen LogP contribution is -2.21. The molecule has 1 aliphatic heterocycles. The first-order valence-corrected chi connectivity index (χ1v) is 7.59. The average Bonchev–Trinajstić information content (AvgIpc) is 2.92. The Morgan fingerprint density at radius 3 is 3.05 bits per heavy atom. The second kappa shape index (κ2) is 5.83. The number of carbonyl (C=O) groups excluding carboxylic acids is 1. The average molecular weight is 299 g/mol. The highest BCUT2D eigenvalue weighted by molar-refractivity contribution is 6.06. The van der Waals surface area contributed by atoms with Gasteiger partial charge in [-0.25, -0.2) is 0 Å². The Morgan fingerprint density at radius 1 is 1.45 bits per heavy atom. The summed E-state index contributed by atoms with van der Waals surface area (Å²) in [7, 11) is 1.61. The van der Waals surface area contributed by atoms with Gasteiger partial charge in [-0.1, -0.05) is 19.1 Å². The van der Waals surface area contributed by atoms with Crippen molar-refractivity contribution in [1.29, 1.82) is 0 Å². The number of para-hydroxylation sites is 1. The number of anilines is 1. The SMILES string of the molecule is COc1cccc(C)c1NC(=O)c1cnn2c1C[C@@H](C)CC2. The molecule has 1 amide bonds. The normalized spacial score (nSPS) is 17.0. The molecule has 0 bridgehead atoms. The molecule has 1 atom stereocenters. The van der Waals surface area contributed by atoms with E-state index >= 15 is 0 Å². The van der Waals surface area contributed by atoms with Crippen molar-refractivity contribution in [3.63, 3.8) is 0 Å². The highest BCUT2D eigenvalue weighted by Gasteiger charge is 2.23. The lowest BCUT2D eigenvalue weighted by Gasteiger charge is -2.20. The summed E-state index contributed by atoms with van der Waals surface area (Å²) in [5, 5.41) is 7.32. The third-order valence-corrected chi connectivity index (χ3v) is 4.26. The minimum atomic E-state index is -0.122. The van der Waals surface area contributed by atoms with Crippen molar-refractivity contribution in [3.8, 4) is 5.75 Å². The van der Waals surface area contributed by atoms with E-state index in [2.05, 4.69) is 17.3 Å². The fourth-order valence-electron chi connectivity index (χ4n) is 2.94. The van der Waals surface area contributed by atoms with Crippen LogP contribution in [-0.4, -0.2) is 22.8 Å². The van der Waals surface area contributed by atoms with Gasteiger partial charge in [0.25, 0.3) is 5.91 Å². The van der Waals surface area contributed by atoms with Gasteiger partial charge in [0.1, 0.15) is 5.75 Å². The van der Waals surface area contributed by atoms with E-state index in [9.17, 15) is 4.79 Å². The Kier molecular flexibility index (Phi) is 3.88. The fraction of sp³-hybridized carbons (Fsp3) is 0.412. The number of ether oxygens (including phenoxy) is 1. The first-order valence-electron chi connectivity index (χ1n) is 7.59. The van der Waals surface area contributed by atoms with E-state index in [1.165, 1.54) is 0 Å². The second-order valence-electron chi connectivity index (χ2n) is 5.93. The first-order chi connectivity index (χ1) is 10.6. The zero-order chi connectivity index (χ0) is 15.7. The number of nitrogens with zero attached hydrogens (tertiary/aromatic N) is 2. The van der Waals surface area contributed by atoms with E-state index in [0.29, 0.717) is 17.2 Å². The molecule has 1 aromatic heterocycles. The highest BCUT2D eigenvalue weighted by Crippen LogP contribution is 2.29. The number of nitrogens with one attached hydrogen (secondary N) is 1. The smallest absolute Gasteiger partial charge is 0.259 e. The minimum absolute atomic E-state index is 0.122. The standard InChI is InChI=1S/C17H21N3O2/c1-11-7-8-20-14(9-11)13(10-18-20)17(21)19-16-12(2)5-4-6-15(16)22-3/h4-6,10-11H,7-9H2,1-3H3,(H,19,21)/t11-/m0/s1. The number of hydrogen-bond donors (Lipinski definition) is 1. The Bertz CT molecular complexity index is 706. The molecule has 1 N–H and O–H groups in total. The van der Waals surface area contributed by atoms with Gasteiger partial charge < -0.3 is 10.1 Å². The van der Waals surface area contributed by atoms with Gasteiger partial charge in [-0.15, -0.1) is 0 Å². The molecule has 0 saturated carbocycles. The molecule has 0 aliphatic carbocycles. The van der Waals surface area contributed by atoms with E-state index in [4.69, 9.17) is 4.74 Å². The van der Waals surface area contributed by atoms with Crippen molar-refractivity contribution in [1.82, 2.24) is 9.78 Å². The van der Waals surface area contributed by atoms with Gasteiger partial charge in [-0.3, -0.25) is 9.48 Å². The zero-order valence-corrected chi connectivity index (χ0v) is 13.2. The van der Waals surface area contributed by atoms with Crippen molar-refractivity contribution in [2.24, 2.45) is 5.92 Å². The van der Waals surface area contributed by atoms with Crippen LogP contribution in [0.4, 0.5) is 5.69 Å². The van der Waals surface area contributed by atoms with Gasteiger partial charge >= 0.3 is 0 Å². The van der Waals surface area contributed by atoms with E-state index in [1.54, 1.807) is 13.3 Å². The zero-order valence-electron chi connectivity index (χ0n) is 13.2. The Hall–Kier alpha value is -2.30. The molecule has 5 heteroatoms. The van der Waals surface area contributed by atoms with Gasteiger partial charge in [-0.2, -0.15) is 5.10 Å². The third-order valence-electron chi connectivity index (χ3n) is 4.26. The molecular formula is C17H21N3O2. The maximum Gasteiger partial charge on any atom is 0.259 e. The van der Waals surface area contributed by atoms with Crippen LogP contribution in [0.2, 0.25) is 0 Å². The third kappa shape index (κ3) is 2.58. The van der Waals surface area contributed by atoms with Crippen LogP contribution in [0.1, 0.15) is 35.0 Å². The molecule has 1 aromatic carbocycles. The molecule has 0 radical (unpaired) electrons. The molecule has 0 saturated heterocycles. The Balaban J connectivity index is 1.89. The minimum Gasteiger partial charge on any atom is -0.495 e. The number of methoxy groups -OCH3 is 1. The predicted octanol–water partition coefficient (Wildman–Crippen LogP) is 3.03. The number of carbonyl (C=O) groups is 1. The van der Waals surface area contributed by atoms with Gasteiger partial charge in [0, 0.05) is 6.54 Å². The molecular weight excluding hydrogens is 278 g/mol. The summed E-state index contributed by atoms with van der Waals surface area (Å²) in [6.07, 6.45) is 3.68. The summed E-state index contributed by atoms with van der Waals surface area (Å²) in [5.41, 5.74) is 3.39. The Labute approximate surface area is 130 Å². The van der Waals surface area contributed by atoms with Gasteiger partial charge in [0.2, 0.25) is 0 Å². The number of amides is 1. The van der Waals surface area contributed by atoms with Crippen LogP contribution in [0, 0.1) is 12.8 Å². The van der Waals surface area contributed by atoms with E-state index in [1.807, 2.05) is 29.8 Å². The number of rotatable bonds is 3. The Morgan fingerprint density at radius 2 is 2.27 bits per heavy atom. The topological polar surface area (TPSA) is 56.1 Å². The van der Waals surface area contributed by atoms with E-state index in [0.717, 1.165) is 36.3 Å². The van der Waals surface area contributed by atoms with E-state index in [-0.39, 0.29) is 5.91 Å². The van der Waals surface area contributed by atoms with Crippen LogP contribution >= 0.6 is 0 Å². The van der Waals surface area contributed by atoms with E-state index < -0.39 is 0 Å². The lowest BCUT2D eigenvalue weighted by atomic mass is 9.96.